The zero-order chi connectivity index (χ0) is 13.9. The van der Waals surface area contributed by atoms with Crippen LogP contribution in [-0.2, 0) is 6.54 Å². The number of aromatic nitrogens is 2. The first kappa shape index (κ1) is 14.4. The topological polar surface area (TPSA) is 46.9 Å². The zero-order valence-electron chi connectivity index (χ0n) is 9.25. The van der Waals surface area contributed by atoms with Crippen molar-refractivity contribution in [1.29, 1.82) is 0 Å². The van der Waals surface area contributed by atoms with Gasteiger partial charge in [-0.2, -0.15) is 18.3 Å². The molecule has 1 N–H and O–H groups in total. The van der Waals surface area contributed by atoms with E-state index >= 15 is 0 Å². The number of hydrogen-bond acceptors (Lipinski definition) is 3. The summed E-state index contributed by atoms with van der Waals surface area (Å²) in [5.74, 6) is 2.33. The molecule has 4 nitrogen and oxygen atoms in total. The van der Waals surface area contributed by atoms with Gasteiger partial charge in [-0.25, -0.2) is 4.68 Å². The lowest BCUT2D eigenvalue weighted by molar-refractivity contribution is -0.143. The van der Waals surface area contributed by atoms with Crippen LogP contribution in [0.5, 0.6) is 0 Å². The number of nitrogens with zero attached hydrogens (tertiary/aromatic N) is 2. The van der Waals surface area contributed by atoms with Crippen molar-refractivity contribution in [2.75, 3.05) is 5.32 Å². The summed E-state index contributed by atoms with van der Waals surface area (Å²) in [6, 6.07) is -0.429. The van der Waals surface area contributed by atoms with Crippen LogP contribution in [0.25, 0.3) is 0 Å². The van der Waals surface area contributed by atoms with Crippen molar-refractivity contribution in [3.63, 3.8) is 0 Å². The molecule has 0 aromatic carbocycles. The minimum Gasteiger partial charge on any atom is -0.369 e. The van der Waals surface area contributed by atoms with E-state index in [-0.39, 0.29) is 15.4 Å². The summed E-state index contributed by atoms with van der Waals surface area (Å²) >= 11 is 5.66. The molecule has 1 atom stereocenters. The average molecular weight is 280 g/mol. The van der Waals surface area contributed by atoms with Gasteiger partial charge in [0.15, 0.2) is 0 Å². The lowest BCUT2D eigenvalue weighted by Crippen LogP contribution is -2.31. The number of halogens is 4. The molecule has 1 aromatic rings. The number of alkyl halides is 3. The van der Waals surface area contributed by atoms with Crippen LogP contribution >= 0.6 is 11.6 Å². The second kappa shape index (κ2) is 5.31. The summed E-state index contributed by atoms with van der Waals surface area (Å²) in [7, 11) is 0. The summed E-state index contributed by atoms with van der Waals surface area (Å²) in [5.41, 5.74) is -0.922. The minimum absolute atomic E-state index is 0.102. The van der Waals surface area contributed by atoms with Gasteiger partial charge in [0.1, 0.15) is 11.6 Å². The third-order valence-corrected chi connectivity index (χ3v) is 2.30. The van der Waals surface area contributed by atoms with E-state index in [0.29, 0.717) is 0 Å². The Morgan fingerprint density at radius 1 is 1.67 bits per heavy atom. The molecule has 1 rings (SSSR count). The SMILES string of the molecule is C#CC(C)Nc1cnn(CC(F)(F)F)c(=O)c1Cl. The highest BCUT2D eigenvalue weighted by Crippen LogP contribution is 2.19. The minimum atomic E-state index is -4.54. The summed E-state index contributed by atoms with van der Waals surface area (Å²) < 4.78 is 36.6. The Morgan fingerprint density at radius 2 is 2.28 bits per heavy atom. The van der Waals surface area contributed by atoms with Crippen LogP contribution in [0, 0.1) is 12.3 Å². The van der Waals surface area contributed by atoms with E-state index < -0.39 is 24.3 Å². The quantitative estimate of drug-likeness (QED) is 0.860. The molecule has 0 saturated carbocycles. The molecule has 0 radical (unpaired) electrons. The summed E-state index contributed by atoms with van der Waals surface area (Å²) in [6.45, 7) is 0.133. The fourth-order valence-electron chi connectivity index (χ4n) is 1.12. The van der Waals surface area contributed by atoms with Gasteiger partial charge in [-0.3, -0.25) is 4.79 Å². The van der Waals surface area contributed by atoms with Crippen LogP contribution in [0.1, 0.15) is 6.92 Å². The standard InChI is InChI=1S/C10H9ClF3N3O/c1-3-6(2)16-7-4-15-17(5-10(12,13)14)9(18)8(7)11/h1,4,6,16H,5H2,2H3. The van der Waals surface area contributed by atoms with E-state index in [1.165, 1.54) is 0 Å². The molecular weight excluding hydrogens is 271 g/mol. The first-order chi connectivity index (χ1) is 8.24. The third kappa shape index (κ3) is 3.67. The van der Waals surface area contributed by atoms with Gasteiger partial charge in [0.05, 0.1) is 17.9 Å². The van der Waals surface area contributed by atoms with Crippen LogP contribution in [0.2, 0.25) is 5.02 Å². The van der Waals surface area contributed by atoms with E-state index in [2.05, 4.69) is 16.3 Å². The van der Waals surface area contributed by atoms with E-state index in [4.69, 9.17) is 18.0 Å². The predicted molar refractivity (Wildman–Crippen MR) is 61.5 cm³/mol. The highest BCUT2D eigenvalue weighted by molar-refractivity contribution is 6.32. The number of anilines is 1. The molecule has 1 aromatic heterocycles. The van der Waals surface area contributed by atoms with Crippen LogP contribution in [0.4, 0.5) is 18.9 Å². The maximum atomic E-state index is 12.1. The Balaban J connectivity index is 3.07. The lowest BCUT2D eigenvalue weighted by Gasteiger charge is -2.13. The maximum absolute atomic E-state index is 12.1. The first-order valence-electron chi connectivity index (χ1n) is 4.79. The number of terminal acetylenes is 1. The van der Waals surface area contributed by atoms with Crippen molar-refractivity contribution in [2.45, 2.75) is 25.7 Å². The Labute approximate surface area is 106 Å². The average Bonchev–Trinajstić information content (AvgIpc) is 2.27. The molecular formula is C10H9ClF3N3O. The third-order valence-electron chi connectivity index (χ3n) is 1.94. The Hall–Kier alpha value is -1.68. The molecule has 0 bridgehead atoms. The van der Waals surface area contributed by atoms with Gasteiger partial charge in [0.25, 0.3) is 5.56 Å². The summed E-state index contributed by atoms with van der Waals surface area (Å²) in [6.07, 6.45) is 1.60. The largest absolute Gasteiger partial charge is 0.408 e. The Bertz CT molecular complexity index is 533. The van der Waals surface area contributed by atoms with Gasteiger partial charge in [0, 0.05) is 0 Å². The summed E-state index contributed by atoms with van der Waals surface area (Å²) in [4.78, 5) is 11.5. The molecule has 0 amide bonds. The molecule has 0 saturated heterocycles. The Morgan fingerprint density at radius 3 is 2.78 bits per heavy atom. The predicted octanol–water partition coefficient (Wildman–Crippen LogP) is 1.89. The van der Waals surface area contributed by atoms with Gasteiger partial charge >= 0.3 is 6.18 Å². The highest BCUT2D eigenvalue weighted by Gasteiger charge is 2.29. The van der Waals surface area contributed by atoms with Crippen LogP contribution in [0.15, 0.2) is 11.0 Å². The van der Waals surface area contributed by atoms with Crippen molar-refractivity contribution in [3.8, 4) is 12.3 Å². The smallest absolute Gasteiger partial charge is 0.369 e. The second-order valence-corrected chi connectivity index (χ2v) is 3.86. The van der Waals surface area contributed by atoms with Crippen LogP contribution in [0.3, 0.4) is 0 Å². The molecule has 0 spiro atoms. The molecule has 0 fully saturated rings. The molecule has 0 aliphatic rings. The summed E-state index contributed by atoms with van der Waals surface area (Å²) in [5, 5.41) is 5.67. The zero-order valence-corrected chi connectivity index (χ0v) is 10.0. The van der Waals surface area contributed by atoms with Crippen molar-refractivity contribution < 1.29 is 13.2 Å². The van der Waals surface area contributed by atoms with Crippen molar-refractivity contribution in [3.05, 3.63) is 21.6 Å². The van der Waals surface area contributed by atoms with E-state index in [1.807, 2.05) is 0 Å². The van der Waals surface area contributed by atoms with E-state index in [1.54, 1.807) is 6.92 Å². The lowest BCUT2D eigenvalue weighted by atomic mass is 10.3. The maximum Gasteiger partial charge on any atom is 0.408 e. The molecule has 0 aliphatic carbocycles. The van der Waals surface area contributed by atoms with Gasteiger partial charge in [0.2, 0.25) is 0 Å². The molecule has 98 valence electrons. The van der Waals surface area contributed by atoms with Gasteiger partial charge in [-0.1, -0.05) is 17.5 Å². The van der Waals surface area contributed by atoms with Crippen LogP contribution in [-0.4, -0.2) is 22.0 Å². The second-order valence-electron chi connectivity index (χ2n) is 3.48. The number of rotatable bonds is 3. The fourth-order valence-corrected chi connectivity index (χ4v) is 1.32. The highest BCUT2D eigenvalue weighted by atomic mass is 35.5. The monoisotopic (exact) mass is 279 g/mol. The number of hydrogen-bond donors (Lipinski definition) is 1. The van der Waals surface area contributed by atoms with Crippen molar-refractivity contribution in [1.82, 2.24) is 9.78 Å². The Kier molecular flexibility index (Phi) is 4.24. The van der Waals surface area contributed by atoms with Gasteiger partial charge in [-0.05, 0) is 6.92 Å². The normalized spacial score (nSPS) is 12.9. The van der Waals surface area contributed by atoms with E-state index in [9.17, 15) is 18.0 Å². The molecule has 1 heterocycles. The molecule has 18 heavy (non-hydrogen) atoms. The molecule has 0 aliphatic heterocycles. The van der Waals surface area contributed by atoms with Gasteiger partial charge in [-0.15, -0.1) is 6.42 Å². The van der Waals surface area contributed by atoms with Gasteiger partial charge < -0.3 is 5.32 Å². The van der Waals surface area contributed by atoms with Crippen LogP contribution < -0.4 is 10.9 Å². The first-order valence-corrected chi connectivity index (χ1v) is 5.17. The molecule has 1 unspecified atom stereocenters. The van der Waals surface area contributed by atoms with E-state index in [0.717, 1.165) is 6.20 Å². The number of nitrogens with one attached hydrogen (secondary N) is 1. The molecule has 8 heteroatoms. The van der Waals surface area contributed by atoms with Crippen molar-refractivity contribution >= 4 is 17.3 Å². The fraction of sp³-hybridized carbons (Fsp3) is 0.400. The van der Waals surface area contributed by atoms with Crippen molar-refractivity contribution in [2.24, 2.45) is 0 Å².